The maximum absolute atomic E-state index is 4.35. The first-order chi connectivity index (χ1) is 58.5. The molecular formula is C112H68BBrN4. The third-order valence-electron chi connectivity index (χ3n) is 25.6. The summed E-state index contributed by atoms with van der Waals surface area (Å²) in [4.78, 5) is 10.1. The van der Waals surface area contributed by atoms with E-state index in [2.05, 4.69) is 448 Å². The van der Waals surface area contributed by atoms with Gasteiger partial charge in [0.1, 0.15) is 0 Å². The van der Waals surface area contributed by atoms with E-state index in [0.29, 0.717) is 0 Å². The highest BCUT2D eigenvalue weighted by molar-refractivity contribution is 9.10. The van der Waals surface area contributed by atoms with Crippen LogP contribution in [-0.2, 0) is 0 Å². The van der Waals surface area contributed by atoms with Gasteiger partial charge in [-0.25, -0.2) is 0 Å². The Kier molecular flexibility index (Phi) is 14.7. The standard InChI is InChI=1S/C56H33BN2.C56H35BrN2/c1-4-12-34(13-5-1)41-32-48-54-49(33-41)59(43-20-8-3-9-21-43)56-45-29-27-38-17-11-15-36-23-25-40(53(45)51(36)38)31-47(56)57(54)46-30-39-24-22-35-14-10-16-37-26-28-44(52(39)50(35)37)55(46)58(48)42-18-6-2-7-19-42;57-56-50(58(44-18-6-2-7-19-44)48-32-28-41-24-22-37-14-10-16-39-26-30-46(48)54(41)52(37)39)34-43(36-12-4-1-5-13-36)35-51(56)59(45-20-8-3-9-21-45)49-33-29-42-25-23-38-15-11-17-40-27-31-47(49)55(42)53(38)40/h1-33H;1-35H. The molecule has 546 valence electrons. The molecule has 26 rings (SSSR count). The average Bonchev–Trinajstić information content (AvgIpc) is 0.675. The smallest absolute Gasteiger partial charge is 0.252 e. The van der Waals surface area contributed by atoms with E-state index in [4.69, 9.17) is 0 Å². The van der Waals surface area contributed by atoms with E-state index in [1.807, 2.05) is 0 Å². The zero-order chi connectivity index (χ0) is 77.4. The second kappa shape index (κ2) is 26.1. The lowest BCUT2D eigenvalue weighted by molar-refractivity contribution is 1.25. The zero-order valence-corrected chi connectivity index (χ0v) is 65.6. The summed E-state index contributed by atoms with van der Waals surface area (Å²) in [6.07, 6.45) is 0. The molecule has 0 unspecified atom stereocenters. The summed E-state index contributed by atoms with van der Waals surface area (Å²) in [5, 5.41) is 30.7. The Morgan fingerprint density at radius 3 is 0.847 bits per heavy atom. The number of benzene rings is 24. The van der Waals surface area contributed by atoms with Crippen LogP contribution < -0.4 is 36.0 Å². The third-order valence-corrected chi connectivity index (χ3v) is 26.4. The first-order valence-electron chi connectivity index (χ1n) is 40.7. The maximum atomic E-state index is 4.35. The second-order valence-electron chi connectivity index (χ2n) is 31.8. The van der Waals surface area contributed by atoms with Gasteiger partial charge < -0.3 is 19.6 Å². The Labute approximate surface area is 690 Å². The van der Waals surface area contributed by atoms with Crippen LogP contribution in [-0.4, -0.2) is 6.71 Å². The fourth-order valence-corrected chi connectivity index (χ4v) is 21.2. The third kappa shape index (κ3) is 9.97. The minimum atomic E-state index is -0.0291. The van der Waals surface area contributed by atoms with Crippen LogP contribution in [0.2, 0.25) is 0 Å². The summed E-state index contributed by atoms with van der Waals surface area (Å²) in [6.45, 7) is -0.0291. The molecule has 0 saturated heterocycles. The van der Waals surface area contributed by atoms with E-state index in [1.54, 1.807) is 0 Å². The number of hydrogen-bond acceptors (Lipinski definition) is 4. The molecule has 0 radical (unpaired) electrons. The first-order valence-corrected chi connectivity index (χ1v) is 41.5. The van der Waals surface area contributed by atoms with E-state index in [9.17, 15) is 0 Å². The molecular weight excluding hydrogens is 1490 g/mol. The van der Waals surface area contributed by atoms with Gasteiger partial charge in [-0.3, -0.25) is 0 Å². The van der Waals surface area contributed by atoms with E-state index < -0.39 is 0 Å². The fourth-order valence-electron chi connectivity index (χ4n) is 20.6. The van der Waals surface area contributed by atoms with Crippen molar-refractivity contribution in [1.29, 1.82) is 0 Å². The van der Waals surface area contributed by atoms with Crippen molar-refractivity contribution in [2.24, 2.45) is 0 Å². The fraction of sp³-hybridized carbons (Fsp3) is 0. The molecule has 0 N–H and O–H groups in total. The van der Waals surface area contributed by atoms with Gasteiger partial charge in [-0.05, 0) is 247 Å². The molecule has 2 heterocycles. The van der Waals surface area contributed by atoms with Gasteiger partial charge in [0.05, 0.1) is 27.2 Å². The molecule has 24 aromatic carbocycles. The number of fused-ring (bicyclic) bond motifs is 6. The van der Waals surface area contributed by atoms with Crippen molar-refractivity contribution < 1.29 is 0 Å². The molecule has 4 nitrogen and oxygen atoms in total. The van der Waals surface area contributed by atoms with E-state index in [-0.39, 0.29) is 6.71 Å². The minimum absolute atomic E-state index is 0.0291. The summed E-state index contributed by atoms with van der Waals surface area (Å²) in [7, 11) is 0. The Bertz CT molecular complexity index is 7610. The van der Waals surface area contributed by atoms with E-state index in [1.165, 1.54) is 180 Å². The van der Waals surface area contributed by atoms with Gasteiger partial charge in [-0.15, -0.1) is 0 Å². The molecule has 6 heteroatoms. The van der Waals surface area contributed by atoms with Crippen LogP contribution in [0.1, 0.15) is 0 Å². The molecule has 0 spiro atoms. The summed E-state index contributed by atoms with van der Waals surface area (Å²) >= 11 is 4.35. The highest BCUT2D eigenvalue weighted by Crippen LogP contribution is 2.56. The quantitative estimate of drug-likeness (QED) is 0.0999. The second-order valence-corrected chi connectivity index (χ2v) is 32.6. The topological polar surface area (TPSA) is 13.0 Å². The highest BCUT2D eigenvalue weighted by atomic mass is 79.9. The largest absolute Gasteiger partial charge is 0.311 e. The van der Waals surface area contributed by atoms with Gasteiger partial charge >= 0.3 is 0 Å². The number of anilines is 12. The Hall–Kier alpha value is -14.8. The normalized spacial score (nSPS) is 12.6. The Morgan fingerprint density at radius 2 is 0.492 bits per heavy atom. The van der Waals surface area contributed by atoms with Gasteiger partial charge in [-0.1, -0.05) is 328 Å². The summed E-state index contributed by atoms with van der Waals surface area (Å²) in [6, 6.07) is 153. The molecule has 0 aliphatic carbocycles. The molecule has 0 bridgehead atoms. The highest BCUT2D eigenvalue weighted by Gasteiger charge is 2.46. The van der Waals surface area contributed by atoms with Gasteiger partial charge in [0, 0.05) is 67.0 Å². The van der Waals surface area contributed by atoms with Crippen molar-refractivity contribution in [3.8, 4) is 22.3 Å². The van der Waals surface area contributed by atoms with E-state index >= 15 is 0 Å². The average molecular weight is 1560 g/mol. The maximum Gasteiger partial charge on any atom is 0.252 e. The molecule has 2 aliphatic rings. The molecule has 24 aromatic rings. The van der Waals surface area contributed by atoms with Gasteiger partial charge in [0.2, 0.25) is 0 Å². The summed E-state index contributed by atoms with van der Waals surface area (Å²) in [5.74, 6) is 0. The molecule has 118 heavy (non-hydrogen) atoms. The van der Waals surface area contributed by atoms with Gasteiger partial charge in [0.15, 0.2) is 0 Å². The number of hydrogen-bond donors (Lipinski definition) is 0. The van der Waals surface area contributed by atoms with Crippen LogP contribution in [0.15, 0.2) is 417 Å². The molecule has 2 aliphatic heterocycles. The van der Waals surface area contributed by atoms with Crippen molar-refractivity contribution in [3.05, 3.63) is 417 Å². The predicted octanol–water partition coefficient (Wildman–Crippen LogP) is 30.1. The monoisotopic (exact) mass is 1560 g/mol. The van der Waals surface area contributed by atoms with Crippen molar-refractivity contribution in [2.75, 3.05) is 19.6 Å². The first kappa shape index (κ1) is 66.6. The minimum Gasteiger partial charge on any atom is -0.311 e. The van der Waals surface area contributed by atoms with Gasteiger partial charge in [0.25, 0.3) is 6.71 Å². The van der Waals surface area contributed by atoms with Crippen LogP contribution in [0, 0.1) is 0 Å². The number of para-hydroxylation sites is 4. The number of halogens is 1. The Morgan fingerprint density at radius 1 is 0.212 bits per heavy atom. The van der Waals surface area contributed by atoms with Crippen LogP contribution in [0.3, 0.4) is 0 Å². The van der Waals surface area contributed by atoms with Crippen molar-refractivity contribution in [2.45, 2.75) is 0 Å². The SMILES string of the molecule is Brc1c(N(c2ccccc2)c2ccc3ccc4cccc5ccc2c3c45)cc(-c2ccccc2)cc1N(c1ccccc1)c1ccc2ccc3cccc4ccc1c2c34.c1ccc(-c2cc3c4c(c2)N(c2ccccc2)c2c(cc5ccc6cccc7ccc2c5c67)B4c2cc4ccc5cccc6ccc(c2N3c2ccccc2)c4c56)cc1. The zero-order valence-electron chi connectivity index (χ0n) is 64.0. The number of nitrogens with zero attached hydrogens (tertiary/aromatic N) is 4. The lowest BCUT2D eigenvalue weighted by Crippen LogP contribution is -2.61. The molecule has 0 atom stereocenters. The lowest BCUT2D eigenvalue weighted by atomic mass is 9.33. The van der Waals surface area contributed by atoms with E-state index in [0.717, 1.165) is 61.1 Å². The molecule has 0 saturated carbocycles. The summed E-state index contributed by atoms with van der Waals surface area (Å²) in [5.41, 5.74) is 22.4. The van der Waals surface area contributed by atoms with Crippen LogP contribution in [0.5, 0.6) is 0 Å². The van der Waals surface area contributed by atoms with Crippen molar-refractivity contribution >= 4 is 237 Å². The van der Waals surface area contributed by atoms with Crippen molar-refractivity contribution in [3.63, 3.8) is 0 Å². The molecule has 0 amide bonds. The van der Waals surface area contributed by atoms with Crippen molar-refractivity contribution in [1.82, 2.24) is 0 Å². The van der Waals surface area contributed by atoms with Crippen LogP contribution >= 0.6 is 15.9 Å². The Balaban J connectivity index is 0.000000131. The van der Waals surface area contributed by atoms with Crippen LogP contribution in [0.25, 0.3) is 152 Å². The number of rotatable bonds is 10. The summed E-state index contributed by atoms with van der Waals surface area (Å²) < 4.78 is 0.987. The molecule has 0 aromatic heterocycles. The molecule has 0 fully saturated rings. The van der Waals surface area contributed by atoms with Gasteiger partial charge in [-0.2, -0.15) is 0 Å². The van der Waals surface area contributed by atoms with Crippen LogP contribution in [0.4, 0.5) is 68.2 Å². The lowest BCUT2D eigenvalue weighted by Gasteiger charge is -2.45. The predicted molar refractivity (Wildman–Crippen MR) is 510 cm³/mol.